The van der Waals surface area contributed by atoms with Crippen LogP contribution in [0.4, 0.5) is 0 Å². The van der Waals surface area contributed by atoms with Gasteiger partial charge in [-0.25, -0.2) is 0 Å². The van der Waals surface area contributed by atoms with Gasteiger partial charge in [-0.3, -0.25) is 9.69 Å². The van der Waals surface area contributed by atoms with Gasteiger partial charge < -0.3 is 15.4 Å². The van der Waals surface area contributed by atoms with Crippen molar-refractivity contribution in [3.63, 3.8) is 0 Å². The maximum atomic E-state index is 11.6. The van der Waals surface area contributed by atoms with Crippen molar-refractivity contribution in [3.05, 3.63) is 0 Å². The zero-order valence-electron chi connectivity index (χ0n) is 11.7. The van der Waals surface area contributed by atoms with Crippen molar-refractivity contribution in [2.75, 3.05) is 45.9 Å². The summed E-state index contributed by atoms with van der Waals surface area (Å²) in [6, 6.07) is 0.259. The first kappa shape index (κ1) is 15.4. The molecule has 1 aliphatic heterocycles. The normalized spacial score (nSPS) is 18.6. The van der Waals surface area contributed by atoms with Gasteiger partial charge in [0.05, 0.1) is 13.2 Å². The topological polar surface area (TPSA) is 53.6 Å². The summed E-state index contributed by atoms with van der Waals surface area (Å²) in [7, 11) is 0. The summed E-state index contributed by atoms with van der Waals surface area (Å²) in [5.41, 5.74) is 0. The van der Waals surface area contributed by atoms with E-state index in [9.17, 15) is 4.79 Å². The van der Waals surface area contributed by atoms with Crippen molar-refractivity contribution in [1.29, 1.82) is 0 Å². The van der Waals surface area contributed by atoms with Crippen molar-refractivity contribution in [2.45, 2.75) is 32.7 Å². The number of nitrogens with zero attached hydrogens (tertiary/aromatic N) is 1. The van der Waals surface area contributed by atoms with Crippen LogP contribution < -0.4 is 10.6 Å². The van der Waals surface area contributed by atoms with Crippen molar-refractivity contribution >= 4 is 5.91 Å². The van der Waals surface area contributed by atoms with E-state index in [1.54, 1.807) is 0 Å². The van der Waals surface area contributed by atoms with Crippen LogP contribution in [-0.2, 0) is 9.53 Å². The monoisotopic (exact) mass is 257 g/mol. The Morgan fingerprint density at radius 3 is 2.78 bits per heavy atom. The first-order valence-electron chi connectivity index (χ1n) is 7.02. The number of hydrogen-bond donors (Lipinski definition) is 2. The fraction of sp³-hybridized carbons (Fsp3) is 0.923. The Kier molecular flexibility index (Phi) is 7.96. The molecular formula is C13H27N3O2. The molecule has 0 aromatic rings. The Morgan fingerprint density at radius 2 is 2.11 bits per heavy atom. The Balaban J connectivity index is 1.97. The first-order chi connectivity index (χ1) is 8.72. The molecule has 0 aliphatic carbocycles. The van der Waals surface area contributed by atoms with Gasteiger partial charge in [0.25, 0.3) is 0 Å². The fourth-order valence-electron chi connectivity index (χ4n) is 2.13. The Bertz CT molecular complexity index is 230. The van der Waals surface area contributed by atoms with Gasteiger partial charge in [-0.05, 0) is 26.4 Å². The fourth-order valence-corrected chi connectivity index (χ4v) is 2.13. The van der Waals surface area contributed by atoms with Crippen LogP contribution in [0.1, 0.15) is 26.7 Å². The summed E-state index contributed by atoms with van der Waals surface area (Å²) in [6.07, 6.45) is 1.58. The quantitative estimate of drug-likeness (QED) is 0.611. The zero-order chi connectivity index (χ0) is 13.2. The number of carbonyl (C=O) groups excluding carboxylic acids is 1. The molecule has 106 valence electrons. The minimum absolute atomic E-state index is 0.144. The number of hydrogen-bond acceptors (Lipinski definition) is 4. The predicted molar refractivity (Wildman–Crippen MR) is 72.6 cm³/mol. The molecule has 1 aliphatic rings. The van der Waals surface area contributed by atoms with Gasteiger partial charge in [0.1, 0.15) is 0 Å². The summed E-state index contributed by atoms with van der Waals surface area (Å²) in [5.74, 6) is 0.144. The van der Waals surface area contributed by atoms with E-state index in [0.29, 0.717) is 6.42 Å². The molecule has 5 nitrogen and oxygen atoms in total. The van der Waals surface area contributed by atoms with Gasteiger partial charge in [-0.15, -0.1) is 0 Å². The lowest BCUT2D eigenvalue weighted by atomic mass is 10.2. The summed E-state index contributed by atoms with van der Waals surface area (Å²) in [6.45, 7) is 10.5. The second-order valence-electron chi connectivity index (χ2n) is 4.82. The highest BCUT2D eigenvalue weighted by molar-refractivity contribution is 5.76. The van der Waals surface area contributed by atoms with Gasteiger partial charge in [-0.1, -0.05) is 6.92 Å². The van der Waals surface area contributed by atoms with Crippen LogP contribution in [0.2, 0.25) is 0 Å². The molecule has 1 saturated heterocycles. The number of nitrogens with one attached hydrogen (secondary N) is 2. The Hall–Kier alpha value is -0.650. The van der Waals surface area contributed by atoms with E-state index in [2.05, 4.69) is 22.5 Å². The molecule has 18 heavy (non-hydrogen) atoms. The molecule has 0 radical (unpaired) electrons. The van der Waals surface area contributed by atoms with Crippen LogP contribution in [0, 0.1) is 0 Å². The molecule has 1 heterocycles. The molecule has 0 aromatic carbocycles. The maximum absolute atomic E-state index is 11.6. The summed E-state index contributed by atoms with van der Waals surface area (Å²) >= 11 is 0. The molecule has 0 spiro atoms. The number of morpholine rings is 1. The van der Waals surface area contributed by atoms with Crippen LogP contribution in [-0.4, -0.2) is 62.8 Å². The van der Waals surface area contributed by atoms with Crippen LogP contribution in [0.15, 0.2) is 0 Å². The summed E-state index contributed by atoms with van der Waals surface area (Å²) in [4.78, 5) is 14.0. The molecule has 0 aromatic heterocycles. The number of rotatable bonds is 8. The average Bonchev–Trinajstić information content (AvgIpc) is 2.36. The van der Waals surface area contributed by atoms with E-state index in [1.165, 1.54) is 0 Å². The molecule has 1 fully saturated rings. The number of amides is 1. The molecule has 2 N–H and O–H groups in total. The number of carbonyl (C=O) groups is 1. The van der Waals surface area contributed by atoms with Crippen molar-refractivity contribution in [2.24, 2.45) is 0 Å². The summed E-state index contributed by atoms with van der Waals surface area (Å²) < 4.78 is 5.29. The first-order valence-corrected chi connectivity index (χ1v) is 7.02. The molecular weight excluding hydrogens is 230 g/mol. The third-order valence-electron chi connectivity index (χ3n) is 3.12. The van der Waals surface area contributed by atoms with Crippen molar-refractivity contribution < 1.29 is 9.53 Å². The van der Waals surface area contributed by atoms with Gasteiger partial charge in [0.15, 0.2) is 0 Å². The van der Waals surface area contributed by atoms with E-state index < -0.39 is 0 Å². The maximum Gasteiger partial charge on any atom is 0.221 e. The molecule has 0 saturated carbocycles. The lowest BCUT2D eigenvalue weighted by Crippen LogP contribution is -2.38. The standard InChI is InChI=1S/C13H27N3O2/c1-3-14-12(2)11-13(17)15-5-4-6-16-7-9-18-10-8-16/h12,14H,3-11H2,1-2H3,(H,15,17). The van der Waals surface area contributed by atoms with Crippen LogP contribution in [0.3, 0.4) is 0 Å². The molecule has 5 heteroatoms. The number of ether oxygens (including phenoxy) is 1. The lowest BCUT2D eigenvalue weighted by Gasteiger charge is -2.26. The second-order valence-corrected chi connectivity index (χ2v) is 4.82. The highest BCUT2D eigenvalue weighted by Gasteiger charge is 2.10. The largest absolute Gasteiger partial charge is 0.379 e. The SMILES string of the molecule is CCNC(C)CC(=O)NCCCN1CCOCC1. The molecule has 1 unspecified atom stereocenters. The minimum Gasteiger partial charge on any atom is -0.379 e. The van der Waals surface area contributed by atoms with Crippen molar-refractivity contribution in [3.8, 4) is 0 Å². The Labute approximate surface area is 110 Å². The average molecular weight is 257 g/mol. The van der Waals surface area contributed by atoms with Crippen LogP contribution in [0.25, 0.3) is 0 Å². The third kappa shape index (κ3) is 6.93. The third-order valence-corrected chi connectivity index (χ3v) is 3.12. The molecule has 1 atom stereocenters. The summed E-state index contributed by atoms with van der Waals surface area (Å²) in [5, 5.41) is 6.21. The predicted octanol–water partition coefficient (Wildman–Crippen LogP) is 0.213. The molecule has 1 amide bonds. The van der Waals surface area contributed by atoms with Crippen LogP contribution in [0.5, 0.6) is 0 Å². The van der Waals surface area contributed by atoms with Gasteiger partial charge in [0, 0.05) is 32.1 Å². The van der Waals surface area contributed by atoms with E-state index in [-0.39, 0.29) is 11.9 Å². The smallest absolute Gasteiger partial charge is 0.221 e. The minimum atomic E-state index is 0.144. The molecule has 1 rings (SSSR count). The van der Waals surface area contributed by atoms with Gasteiger partial charge in [0.2, 0.25) is 5.91 Å². The zero-order valence-corrected chi connectivity index (χ0v) is 11.7. The lowest BCUT2D eigenvalue weighted by molar-refractivity contribution is -0.121. The highest BCUT2D eigenvalue weighted by Crippen LogP contribution is 1.97. The second kappa shape index (κ2) is 9.30. The van der Waals surface area contributed by atoms with E-state index in [0.717, 1.165) is 52.4 Å². The Morgan fingerprint density at radius 1 is 1.39 bits per heavy atom. The van der Waals surface area contributed by atoms with E-state index in [1.807, 2.05) is 6.92 Å². The van der Waals surface area contributed by atoms with Crippen LogP contribution >= 0.6 is 0 Å². The van der Waals surface area contributed by atoms with E-state index in [4.69, 9.17) is 4.74 Å². The highest BCUT2D eigenvalue weighted by atomic mass is 16.5. The van der Waals surface area contributed by atoms with Gasteiger partial charge in [-0.2, -0.15) is 0 Å². The van der Waals surface area contributed by atoms with E-state index >= 15 is 0 Å². The van der Waals surface area contributed by atoms with Crippen molar-refractivity contribution in [1.82, 2.24) is 15.5 Å². The molecule has 0 bridgehead atoms. The van der Waals surface area contributed by atoms with Gasteiger partial charge >= 0.3 is 0 Å².